The summed E-state index contributed by atoms with van der Waals surface area (Å²) in [4.78, 5) is 8.75. The third kappa shape index (κ3) is 2.35. The average Bonchev–Trinajstić information content (AvgIpc) is 3.24. The van der Waals surface area contributed by atoms with E-state index in [1.807, 2.05) is 6.07 Å². The topological polar surface area (TPSA) is 54.7 Å². The van der Waals surface area contributed by atoms with Crippen LogP contribution in [0.25, 0.3) is 21.8 Å². The molecule has 3 N–H and O–H groups in total. The first kappa shape index (κ1) is 17.3. The third-order valence-electron chi connectivity index (χ3n) is 6.70. The minimum Gasteiger partial charge on any atom is -0.398 e. The summed E-state index contributed by atoms with van der Waals surface area (Å²) in [6.45, 7) is 0. The molecule has 0 saturated carbocycles. The van der Waals surface area contributed by atoms with Crippen LogP contribution in [0, 0.1) is 0 Å². The van der Waals surface area contributed by atoms with Gasteiger partial charge in [0, 0.05) is 11.1 Å². The van der Waals surface area contributed by atoms with Crippen LogP contribution in [-0.4, -0.2) is 9.97 Å². The molecule has 1 atom stereocenters. The highest BCUT2D eigenvalue weighted by Gasteiger charge is 2.43. The van der Waals surface area contributed by atoms with Gasteiger partial charge in [-0.1, -0.05) is 72.8 Å². The highest BCUT2D eigenvalue weighted by atomic mass is 14.9. The Labute approximate surface area is 175 Å². The molecule has 0 bridgehead atoms. The lowest BCUT2D eigenvalue weighted by Gasteiger charge is -2.39. The molecule has 0 aliphatic heterocycles. The van der Waals surface area contributed by atoms with E-state index in [1.165, 1.54) is 16.5 Å². The predicted octanol–water partition coefficient (Wildman–Crippen LogP) is 5.97. The molecule has 1 unspecified atom stereocenters. The standard InChI is InChI=1S/C27H23N3/c28-25-20-11-3-1-8-18(20)15-16-22(25)27(17-7-10-19-9-2-4-12-21(19)27)26-29-23-13-5-6-14-24(23)30-26/h1-6,8-9,11-16H,7,10,17,28H2,(H,29,30). The van der Waals surface area contributed by atoms with Gasteiger partial charge in [-0.3, -0.25) is 0 Å². The number of para-hydroxylation sites is 2. The van der Waals surface area contributed by atoms with Crippen LogP contribution in [0.1, 0.15) is 35.4 Å². The molecule has 1 heterocycles. The SMILES string of the molecule is Nc1c(C2(c3nc4ccccc4[nH]3)CCCc3ccccc32)ccc2ccccc12. The average molecular weight is 390 g/mol. The number of nitrogens with zero attached hydrogens (tertiary/aromatic N) is 1. The van der Waals surface area contributed by atoms with Gasteiger partial charge in [0.2, 0.25) is 0 Å². The van der Waals surface area contributed by atoms with E-state index in [9.17, 15) is 0 Å². The number of rotatable bonds is 2. The Morgan fingerprint density at radius 1 is 0.800 bits per heavy atom. The van der Waals surface area contributed by atoms with Crippen LogP contribution in [0.15, 0.2) is 84.9 Å². The normalized spacial score (nSPS) is 18.5. The second kappa shape index (κ2) is 6.46. The maximum atomic E-state index is 6.88. The Morgan fingerprint density at radius 3 is 2.53 bits per heavy atom. The van der Waals surface area contributed by atoms with Crippen LogP contribution in [0.5, 0.6) is 0 Å². The number of hydrogen-bond acceptors (Lipinski definition) is 2. The van der Waals surface area contributed by atoms with Gasteiger partial charge in [0.05, 0.1) is 16.4 Å². The third-order valence-corrected chi connectivity index (χ3v) is 6.70. The number of nitrogens with two attached hydrogens (primary N) is 1. The van der Waals surface area contributed by atoms with Crippen molar-refractivity contribution in [2.45, 2.75) is 24.7 Å². The maximum Gasteiger partial charge on any atom is 0.122 e. The van der Waals surface area contributed by atoms with Crippen LogP contribution in [0.2, 0.25) is 0 Å². The van der Waals surface area contributed by atoms with Gasteiger partial charge in [-0.25, -0.2) is 4.98 Å². The summed E-state index contributed by atoms with van der Waals surface area (Å²) < 4.78 is 0. The van der Waals surface area contributed by atoms with Gasteiger partial charge < -0.3 is 10.7 Å². The first-order chi connectivity index (χ1) is 14.8. The number of nitrogen functional groups attached to an aromatic ring is 1. The highest BCUT2D eigenvalue weighted by molar-refractivity contribution is 5.95. The summed E-state index contributed by atoms with van der Waals surface area (Å²) >= 11 is 0. The Bertz CT molecular complexity index is 1360. The minimum absolute atomic E-state index is 0.387. The van der Waals surface area contributed by atoms with Gasteiger partial charge in [0.1, 0.15) is 5.82 Å². The Morgan fingerprint density at radius 2 is 1.60 bits per heavy atom. The Balaban J connectivity index is 1.72. The van der Waals surface area contributed by atoms with E-state index in [2.05, 4.69) is 83.8 Å². The summed E-state index contributed by atoms with van der Waals surface area (Å²) in [6, 6.07) is 29.8. The molecule has 0 saturated heterocycles. The molecule has 30 heavy (non-hydrogen) atoms. The number of aromatic amines is 1. The van der Waals surface area contributed by atoms with Crippen LogP contribution in [-0.2, 0) is 11.8 Å². The number of nitrogens with one attached hydrogen (secondary N) is 1. The van der Waals surface area contributed by atoms with Crippen molar-refractivity contribution in [1.29, 1.82) is 0 Å². The molecule has 1 aromatic heterocycles. The smallest absolute Gasteiger partial charge is 0.122 e. The molecule has 5 aromatic rings. The van der Waals surface area contributed by atoms with Crippen molar-refractivity contribution >= 4 is 27.5 Å². The molecule has 0 spiro atoms. The van der Waals surface area contributed by atoms with Crippen molar-refractivity contribution in [2.75, 3.05) is 5.73 Å². The number of fused-ring (bicyclic) bond motifs is 3. The summed E-state index contributed by atoms with van der Waals surface area (Å²) in [5.74, 6) is 0.984. The van der Waals surface area contributed by atoms with E-state index >= 15 is 0 Å². The zero-order chi connectivity index (χ0) is 20.1. The summed E-state index contributed by atoms with van der Waals surface area (Å²) in [7, 11) is 0. The predicted molar refractivity (Wildman–Crippen MR) is 124 cm³/mol. The van der Waals surface area contributed by atoms with Gasteiger partial charge >= 0.3 is 0 Å². The van der Waals surface area contributed by atoms with E-state index in [4.69, 9.17) is 10.7 Å². The van der Waals surface area contributed by atoms with Crippen LogP contribution < -0.4 is 5.73 Å². The molecule has 1 aliphatic rings. The van der Waals surface area contributed by atoms with E-state index in [0.29, 0.717) is 0 Å². The molecule has 4 aromatic carbocycles. The van der Waals surface area contributed by atoms with Crippen LogP contribution in [0.3, 0.4) is 0 Å². The van der Waals surface area contributed by atoms with E-state index in [0.717, 1.165) is 52.8 Å². The summed E-state index contributed by atoms with van der Waals surface area (Å²) in [5, 5.41) is 2.27. The molecule has 3 nitrogen and oxygen atoms in total. The highest BCUT2D eigenvalue weighted by Crippen LogP contribution is 2.49. The molecular formula is C27H23N3. The second-order valence-corrected chi connectivity index (χ2v) is 8.27. The Kier molecular flexibility index (Phi) is 3.72. The zero-order valence-electron chi connectivity index (χ0n) is 16.7. The lowest BCUT2D eigenvalue weighted by molar-refractivity contribution is 0.479. The van der Waals surface area contributed by atoms with Crippen molar-refractivity contribution < 1.29 is 0 Å². The summed E-state index contributed by atoms with van der Waals surface area (Å²) in [5.41, 5.74) is 13.3. The fourth-order valence-corrected chi connectivity index (χ4v) is 5.31. The van der Waals surface area contributed by atoms with Crippen LogP contribution in [0.4, 0.5) is 5.69 Å². The van der Waals surface area contributed by atoms with Gasteiger partial charge in [0.15, 0.2) is 0 Å². The zero-order valence-corrected chi connectivity index (χ0v) is 16.7. The quantitative estimate of drug-likeness (QED) is 0.366. The van der Waals surface area contributed by atoms with Gasteiger partial charge in [-0.2, -0.15) is 0 Å². The largest absolute Gasteiger partial charge is 0.398 e. The first-order valence-electron chi connectivity index (χ1n) is 10.6. The minimum atomic E-state index is -0.387. The number of aromatic nitrogens is 2. The molecule has 1 aliphatic carbocycles. The summed E-state index contributed by atoms with van der Waals surface area (Å²) in [6.07, 6.45) is 3.17. The molecular weight excluding hydrogens is 366 g/mol. The van der Waals surface area contributed by atoms with E-state index in [1.54, 1.807) is 0 Å². The molecule has 0 fully saturated rings. The van der Waals surface area contributed by atoms with Crippen LogP contribution >= 0.6 is 0 Å². The van der Waals surface area contributed by atoms with Gasteiger partial charge in [0.25, 0.3) is 0 Å². The number of imidazole rings is 1. The van der Waals surface area contributed by atoms with Gasteiger partial charge in [-0.15, -0.1) is 0 Å². The maximum absolute atomic E-state index is 6.88. The second-order valence-electron chi connectivity index (χ2n) is 8.27. The molecule has 0 radical (unpaired) electrons. The monoisotopic (exact) mass is 389 g/mol. The number of anilines is 1. The van der Waals surface area contributed by atoms with Crippen molar-refractivity contribution in [3.63, 3.8) is 0 Å². The number of benzene rings is 4. The molecule has 146 valence electrons. The lowest BCUT2D eigenvalue weighted by Crippen LogP contribution is -2.35. The van der Waals surface area contributed by atoms with Crippen molar-refractivity contribution in [3.05, 3.63) is 107 Å². The number of aryl methyl sites for hydroxylation is 1. The lowest BCUT2D eigenvalue weighted by atomic mass is 9.64. The van der Waals surface area contributed by atoms with E-state index in [-0.39, 0.29) is 5.41 Å². The fraction of sp³-hybridized carbons (Fsp3) is 0.148. The van der Waals surface area contributed by atoms with Gasteiger partial charge in [-0.05, 0) is 53.5 Å². The first-order valence-corrected chi connectivity index (χ1v) is 10.6. The van der Waals surface area contributed by atoms with Crippen molar-refractivity contribution in [3.8, 4) is 0 Å². The molecule has 6 rings (SSSR count). The number of H-pyrrole nitrogens is 1. The number of hydrogen-bond donors (Lipinski definition) is 2. The van der Waals surface area contributed by atoms with Crippen molar-refractivity contribution in [2.24, 2.45) is 0 Å². The molecule has 3 heteroatoms. The molecule has 0 amide bonds. The van der Waals surface area contributed by atoms with Crippen molar-refractivity contribution in [1.82, 2.24) is 9.97 Å². The fourth-order valence-electron chi connectivity index (χ4n) is 5.31. The Hall–Kier alpha value is -3.59. The van der Waals surface area contributed by atoms with E-state index < -0.39 is 0 Å².